The average Bonchev–Trinajstić information content (AvgIpc) is 2.83. The maximum Gasteiger partial charge on any atom is 0.410 e. The van der Waals surface area contributed by atoms with E-state index in [-0.39, 0.29) is 11.5 Å². The standard InChI is InChI=1S/C17H25NO2/c1-17(2,3)12-15-10-7-11-18(15)16(19)20-13-14-8-5-4-6-9-14/h4-6,8-9,15H,7,10-13H2,1-3H3/t15-/m0/s1. The van der Waals surface area contributed by atoms with E-state index in [0.29, 0.717) is 12.6 Å². The number of carbonyl (C=O) groups is 1. The molecule has 0 aromatic heterocycles. The van der Waals surface area contributed by atoms with Crippen molar-refractivity contribution in [2.24, 2.45) is 5.41 Å². The highest BCUT2D eigenvalue weighted by Crippen LogP contribution is 2.30. The van der Waals surface area contributed by atoms with Crippen LogP contribution in [0.4, 0.5) is 4.79 Å². The van der Waals surface area contributed by atoms with Crippen molar-refractivity contribution in [1.29, 1.82) is 0 Å². The van der Waals surface area contributed by atoms with Crippen molar-refractivity contribution in [3.63, 3.8) is 0 Å². The molecule has 0 aliphatic carbocycles. The number of hydrogen-bond donors (Lipinski definition) is 0. The molecule has 0 bridgehead atoms. The van der Waals surface area contributed by atoms with Gasteiger partial charge in [0.15, 0.2) is 0 Å². The Hall–Kier alpha value is -1.51. The van der Waals surface area contributed by atoms with E-state index in [9.17, 15) is 4.79 Å². The first-order valence-corrected chi connectivity index (χ1v) is 7.43. The molecule has 1 heterocycles. The Morgan fingerprint density at radius 2 is 2.00 bits per heavy atom. The molecule has 1 aromatic carbocycles. The largest absolute Gasteiger partial charge is 0.445 e. The van der Waals surface area contributed by atoms with Gasteiger partial charge in [0.25, 0.3) is 0 Å². The van der Waals surface area contributed by atoms with Gasteiger partial charge in [0.1, 0.15) is 6.61 Å². The molecule has 1 amide bonds. The summed E-state index contributed by atoms with van der Waals surface area (Å²) in [4.78, 5) is 14.1. The summed E-state index contributed by atoms with van der Waals surface area (Å²) in [7, 11) is 0. The maximum atomic E-state index is 12.2. The van der Waals surface area contributed by atoms with Crippen LogP contribution in [-0.2, 0) is 11.3 Å². The summed E-state index contributed by atoms with van der Waals surface area (Å²) < 4.78 is 5.44. The van der Waals surface area contributed by atoms with Gasteiger partial charge in [-0.3, -0.25) is 0 Å². The Morgan fingerprint density at radius 1 is 1.30 bits per heavy atom. The monoisotopic (exact) mass is 275 g/mol. The van der Waals surface area contributed by atoms with Crippen LogP contribution in [0.25, 0.3) is 0 Å². The second-order valence-corrected chi connectivity index (χ2v) is 6.79. The number of carbonyl (C=O) groups excluding carboxylic acids is 1. The van der Waals surface area contributed by atoms with Crippen molar-refractivity contribution in [1.82, 2.24) is 4.90 Å². The van der Waals surface area contributed by atoms with Gasteiger partial charge >= 0.3 is 6.09 Å². The van der Waals surface area contributed by atoms with Gasteiger partial charge in [0.2, 0.25) is 0 Å². The third-order valence-electron chi connectivity index (χ3n) is 3.66. The van der Waals surface area contributed by atoms with E-state index in [1.54, 1.807) is 0 Å². The van der Waals surface area contributed by atoms with Crippen molar-refractivity contribution in [2.75, 3.05) is 6.54 Å². The minimum Gasteiger partial charge on any atom is -0.445 e. The van der Waals surface area contributed by atoms with Crippen LogP contribution < -0.4 is 0 Å². The van der Waals surface area contributed by atoms with Crippen molar-refractivity contribution in [2.45, 2.75) is 52.7 Å². The summed E-state index contributed by atoms with van der Waals surface area (Å²) in [5.74, 6) is 0. The van der Waals surface area contributed by atoms with Crippen LogP contribution in [0.1, 0.15) is 45.6 Å². The van der Waals surface area contributed by atoms with Crippen molar-refractivity contribution >= 4 is 6.09 Å². The number of ether oxygens (including phenoxy) is 1. The highest BCUT2D eigenvalue weighted by atomic mass is 16.6. The Labute approximate surface area is 121 Å². The fourth-order valence-electron chi connectivity index (χ4n) is 2.80. The SMILES string of the molecule is CC(C)(C)C[C@@H]1CCCN1C(=O)OCc1ccccc1. The van der Waals surface area contributed by atoms with E-state index >= 15 is 0 Å². The normalized spacial score (nSPS) is 19.1. The molecule has 1 aromatic rings. The van der Waals surface area contributed by atoms with Gasteiger partial charge in [0, 0.05) is 12.6 Å². The molecular formula is C17H25NO2. The summed E-state index contributed by atoms with van der Waals surface area (Å²) in [5, 5.41) is 0. The van der Waals surface area contributed by atoms with Crippen LogP contribution in [-0.4, -0.2) is 23.6 Å². The van der Waals surface area contributed by atoms with E-state index in [4.69, 9.17) is 4.74 Å². The van der Waals surface area contributed by atoms with Gasteiger partial charge in [-0.25, -0.2) is 4.79 Å². The first-order chi connectivity index (χ1) is 9.46. The second kappa shape index (κ2) is 6.29. The zero-order valence-corrected chi connectivity index (χ0v) is 12.8. The molecule has 0 unspecified atom stereocenters. The van der Waals surface area contributed by atoms with Crippen LogP contribution in [0.15, 0.2) is 30.3 Å². The lowest BCUT2D eigenvalue weighted by molar-refractivity contribution is 0.0850. The Bertz CT molecular complexity index is 436. The maximum absolute atomic E-state index is 12.2. The predicted molar refractivity (Wildman–Crippen MR) is 80.4 cm³/mol. The van der Waals surface area contributed by atoms with Crippen molar-refractivity contribution in [3.8, 4) is 0 Å². The molecular weight excluding hydrogens is 250 g/mol. The van der Waals surface area contributed by atoms with Gasteiger partial charge in [0.05, 0.1) is 0 Å². The summed E-state index contributed by atoms with van der Waals surface area (Å²) in [6.45, 7) is 7.85. The zero-order valence-electron chi connectivity index (χ0n) is 12.8. The summed E-state index contributed by atoms with van der Waals surface area (Å²) >= 11 is 0. The van der Waals surface area contributed by atoms with Crippen LogP contribution in [0.2, 0.25) is 0 Å². The van der Waals surface area contributed by atoms with Crippen LogP contribution in [0, 0.1) is 5.41 Å². The number of hydrogen-bond acceptors (Lipinski definition) is 2. The number of benzene rings is 1. The van der Waals surface area contributed by atoms with E-state index in [2.05, 4.69) is 20.8 Å². The number of nitrogens with zero attached hydrogens (tertiary/aromatic N) is 1. The lowest BCUT2D eigenvalue weighted by Gasteiger charge is -2.29. The van der Waals surface area contributed by atoms with Gasteiger partial charge in [-0.1, -0.05) is 51.1 Å². The molecule has 3 heteroatoms. The highest BCUT2D eigenvalue weighted by molar-refractivity contribution is 5.68. The quantitative estimate of drug-likeness (QED) is 0.826. The fourth-order valence-corrected chi connectivity index (χ4v) is 2.80. The molecule has 0 spiro atoms. The van der Waals surface area contributed by atoms with E-state index < -0.39 is 0 Å². The molecule has 0 N–H and O–H groups in total. The molecule has 3 nitrogen and oxygen atoms in total. The molecule has 0 saturated carbocycles. The lowest BCUT2D eigenvalue weighted by atomic mass is 9.87. The van der Waals surface area contributed by atoms with Gasteiger partial charge < -0.3 is 9.64 Å². The van der Waals surface area contributed by atoms with E-state index in [0.717, 1.165) is 31.4 Å². The molecule has 1 aliphatic heterocycles. The third kappa shape index (κ3) is 4.26. The molecule has 2 rings (SSSR count). The topological polar surface area (TPSA) is 29.5 Å². The number of amides is 1. The fraction of sp³-hybridized carbons (Fsp3) is 0.588. The highest BCUT2D eigenvalue weighted by Gasteiger charge is 2.32. The smallest absolute Gasteiger partial charge is 0.410 e. The zero-order chi connectivity index (χ0) is 14.6. The molecule has 1 atom stereocenters. The number of likely N-dealkylation sites (tertiary alicyclic amines) is 1. The van der Waals surface area contributed by atoms with Gasteiger partial charge in [-0.05, 0) is 30.2 Å². The van der Waals surface area contributed by atoms with Crippen LogP contribution in [0.5, 0.6) is 0 Å². The van der Waals surface area contributed by atoms with Gasteiger partial charge in [-0.2, -0.15) is 0 Å². The van der Waals surface area contributed by atoms with Gasteiger partial charge in [-0.15, -0.1) is 0 Å². The Kier molecular flexibility index (Phi) is 4.69. The molecule has 0 radical (unpaired) electrons. The minimum atomic E-state index is -0.166. The molecule has 110 valence electrons. The first kappa shape index (κ1) is 14.9. The summed E-state index contributed by atoms with van der Waals surface area (Å²) in [6.07, 6.45) is 3.05. The molecule has 20 heavy (non-hydrogen) atoms. The summed E-state index contributed by atoms with van der Waals surface area (Å²) in [6, 6.07) is 10.2. The van der Waals surface area contributed by atoms with Crippen LogP contribution in [0.3, 0.4) is 0 Å². The molecule has 1 saturated heterocycles. The third-order valence-corrected chi connectivity index (χ3v) is 3.66. The van der Waals surface area contributed by atoms with Crippen molar-refractivity contribution in [3.05, 3.63) is 35.9 Å². The summed E-state index contributed by atoms with van der Waals surface area (Å²) in [5.41, 5.74) is 1.28. The van der Waals surface area contributed by atoms with Crippen molar-refractivity contribution < 1.29 is 9.53 Å². The Balaban J connectivity index is 1.88. The predicted octanol–water partition coefficient (Wildman–Crippen LogP) is 4.22. The first-order valence-electron chi connectivity index (χ1n) is 7.43. The minimum absolute atomic E-state index is 0.166. The lowest BCUT2D eigenvalue weighted by Crippen LogP contribution is -2.38. The Morgan fingerprint density at radius 3 is 2.65 bits per heavy atom. The number of rotatable bonds is 3. The average molecular weight is 275 g/mol. The second-order valence-electron chi connectivity index (χ2n) is 6.79. The van der Waals surface area contributed by atoms with E-state index in [1.807, 2.05) is 35.2 Å². The molecule has 1 aliphatic rings. The van der Waals surface area contributed by atoms with E-state index in [1.165, 1.54) is 0 Å². The van der Waals surface area contributed by atoms with Crippen LogP contribution >= 0.6 is 0 Å². The molecule has 1 fully saturated rings.